The summed E-state index contributed by atoms with van der Waals surface area (Å²) in [5.41, 5.74) is -0.582. The summed E-state index contributed by atoms with van der Waals surface area (Å²) in [6.07, 6.45) is 7.72. The number of nitrogens with zero attached hydrogens (tertiary/aromatic N) is 1. The van der Waals surface area contributed by atoms with Crippen molar-refractivity contribution in [2.45, 2.75) is 70.4 Å². The van der Waals surface area contributed by atoms with Crippen molar-refractivity contribution in [1.29, 1.82) is 0 Å². The Morgan fingerprint density at radius 2 is 1.85 bits per heavy atom. The van der Waals surface area contributed by atoms with E-state index >= 15 is 0 Å². The van der Waals surface area contributed by atoms with E-state index in [2.05, 4.69) is 5.32 Å². The van der Waals surface area contributed by atoms with E-state index in [-0.39, 0.29) is 17.7 Å². The van der Waals surface area contributed by atoms with Crippen LogP contribution in [0.5, 0.6) is 0 Å². The zero-order chi connectivity index (χ0) is 14.8. The Morgan fingerprint density at radius 1 is 1.20 bits per heavy atom. The molecule has 1 heterocycles. The lowest BCUT2D eigenvalue weighted by Gasteiger charge is -2.38. The van der Waals surface area contributed by atoms with Crippen LogP contribution in [0.4, 0.5) is 0 Å². The van der Waals surface area contributed by atoms with Crippen molar-refractivity contribution < 1.29 is 9.59 Å². The Hall–Kier alpha value is -0.900. The molecule has 1 aliphatic carbocycles. The second kappa shape index (κ2) is 6.25. The maximum absolute atomic E-state index is 12.9. The Morgan fingerprint density at radius 3 is 2.40 bits per heavy atom. The van der Waals surface area contributed by atoms with E-state index in [1.165, 1.54) is 19.3 Å². The second-order valence-electron chi connectivity index (χ2n) is 6.59. The summed E-state index contributed by atoms with van der Waals surface area (Å²) in [6.45, 7) is 4.26. The minimum Gasteiger partial charge on any atom is -0.329 e. The lowest BCUT2D eigenvalue weighted by Crippen LogP contribution is -2.57. The molecule has 0 unspecified atom stereocenters. The number of likely N-dealkylation sites (tertiary alicyclic amines) is 1. The zero-order valence-corrected chi connectivity index (χ0v) is 13.1. The molecule has 1 amide bonds. The van der Waals surface area contributed by atoms with Gasteiger partial charge >= 0.3 is 0 Å². The van der Waals surface area contributed by atoms with Crippen LogP contribution in [0.1, 0.15) is 58.8 Å². The SMILES string of the molecule is CN[C@H](C(=O)N1CCC[C@@]1(C)C(C)=O)C1CCCCC1. The Labute approximate surface area is 122 Å². The fourth-order valence-corrected chi connectivity index (χ4v) is 3.88. The van der Waals surface area contributed by atoms with Gasteiger partial charge in [0, 0.05) is 6.54 Å². The predicted octanol–water partition coefficient (Wildman–Crippen LogP) is 2.12. The summed E-state index contributed by atoms with van der Waals surface area (Å²) in [6, 6.07) is -0.118. The number of hydrogen-bond acceptors (Lipinski definition) is 3. The lowest BCUT2D eigenvalue weighted by molar-refractivity contribution is -0.144. The third-order valence-electron chi connectivity index (χ3n) is 5.36. The maximum atomic E-state index is 12.9. The molecule has 20 heavy (non-hydrogen) atoms. The van der Waals surface area contributed by atoms with Gasteiger partial charge in [-0.1, -0.05) is 19.3 Å². The molecule has 0 spiro atoms. The van der Waals surface area contributed by atoms with Gasteiger partial charge < -0.3 is 10.2 Å². The van der Waals surface area contributed by atoms with Crippen LogP contribution in [0.25, 0.3) is 0 Å². The largest absolute Gasteiger partial charge is 0.329 e. The van der Waals surface area contributed by atoms with Gasteiger partial charge in [-0.2, -0.15) is 0 Å². The number of carbonyl (C=O) groups excluding carboxylic acids is 2. The summed E-state index contributed by atoms with van der Waals surface area (Å²) in [4.78, 5) is 26.7. The molecule has 4 nitrogen and oxygen atoms in total. The standard InChI is InChI=1S/C16H28N2O2/c1-12(19)16(2)10-7-11-18(16)15(20)14(17-3)13-8-5-4-6-9-13/h13-14,17H,4-11H2,1-3H3/t14-,16-/m0/s1. The number of carbonyl (C=O) groups is 2. The highest BCUT2D eigenvalue weighted by molar-refractivity contribution is 5.93. The van der Waals surface area contributed by atoms with Gasteiger partial charge in [0.15, 0.2) is 5.78 Å². The molecule has 2 fully saturated rings. The van der Waals surface area contributed by atoms with Crippen molar-refractivity contribution in [3.63, 3.8) is 0 Å². The summed E-state index contributed by atoms with van der Waals surface area (Å²) in [7, 11) is 1.87. The molecule has 0 bridgehead atoms. The van der Waals surface area contributed by atoms with E-state index in [9.17, 15) is 9.59 Å². The molecule has 1 N–H and O–H groups in total. The van der Waals surface area contributed by atoms with Crippen LogP contribution in [0.3, 0.4) is 0 Å². The molecule has 0 radical (unpaired) electrons. The summed E-state index contributed by atoms with van der Waals surface area (Å²) < 4.78 is 0. The smallest absolute Gasteiger partial charge is 0.240 e. The van der Waals surface area contributed by atoms with Crippen molar-refractivity contribution >= 4 is 11.7 Å². The number of rotatable bonds is 4. The monoisotopic (exact) mass is 280 g/mol. The number of likely N-dealkylation sites (N-methyl/N-ethyl adjacent to an activating group) is 1. The van der Waals surface area contributed by atoms with Crippen LogP contribution in [0, 0.1) is 5.92 Å². The average Bonchev–Trinajstić information content (AvgIpc) is 2.84. The Bertz CT molecular complexity index is 377. The normalized spacial score (nSPS) is 29.4. The van der Waals surface area contributed by atoms with Gasteiger partial charge in [0.25, 0.3) is 0 Å². The van der Waals surface area contributed by atoms with E-state index in [0.29, 0.717) is 5.92 Å². The minimum atomic E-state index is -0.582. The molecule has 2 rings (SSSR count). The highest BCUT2D eigenvalue weighted by Crippen LogP contribution is 2.33. The lowest BCUT2D eigenvalue weighted by atomic mass is 9.82. The molecule has 0 aromatic heterocycles. The van der Waals surface area contributed by atoms with Crippen LogP contribution < -0.4 is 5.32 Å². The van der Waals surface area contributed by atoms with Crippen molar-refractivity contribution in [2.75, 3.05) is 13.6 Å². The van der Waals surface area contributed by atoms with Gasteiger partial charge in [-0.25, -0.2) is 0 Å². The fourth-order valence-electron chi connectivity index (χ4n) is 3.88. The van der Waals surface area contributed by atoms with Gasteiger partial charge in [0.05, 0.1) is 11.6 Å². The predicted molar refractivity (Wildman–Crippen MR) is 79.5 cm³/mol. The summed E-state index contributed by atoms with van der Waals surface area (Å²) in [5.74, 6) is 0.675. The van der Waals surface area contributed by atoms with Crippen molar-refractivity contribution in [3.8, 4) is 0 Å². The molecule has 2 atom stereocenters. The van der Waals surface area contributed by atoms with Gasteiger partial charge in [-0.3, -0.25) is 9.59 Å². The molecule has 0 aromatic rings. The highest BCUT2D eigenvalue weighted by atomic mass is 16.2. The molecular weight excluding hydrogens is 252 g/mol. The number of amides is 1. The number of nitrogens with one attached hydrogen (secondary N) is 1. The van der Waals surface area contributed by atoms with Crippen LogP contribution >= 0.6 is 0 Å². The third-order valence-corrected chi connectivity index (χ3v) is 5.36. The maximum Gasteiger partial charge on any atom is 0.240 e. The van der Waals surface area contributed by atoms with E-state index in [4.69, 9.17) is 0 Å². The van der Waals surface area contributed by atoms with Crippen molar-refractivity contribution in [1.82, 2.24) is 10.2 Å². The van der Waals surface area contributed by atoms with Gasteiger partial charge in [0.2, 0.25) is 5.91 Å². The first kappa shape index (κ1) is 15.5. The van der Waals surface area contributed by atoms with E-state index in [1.807, 2.05) is 18.9 Å². The van der Waals surface area contributed by atoms with Crippen LogP contribution in [0.2, 0.25) is 0 Å². The number of Topliss-reactive ketones (excluding diaryl/α,β-unsaturated/α-hetero) is 1. The summed E-state index contributed by atoms with van der Waals surface area (Å²) in [5, 5.41) is 3.22. The zero-order valence-electron chi connectivity index (χ0n) is 13.1. The first-order chi connectivity index (χ1) is 9.50. The Balaban J connectivity index is 2.13. The Kier molecular flexibility index (Phi) is 4.84. The van der Waals surface area contributed by atoms with Crippen molar-refractivity contribution in [2.24, 2.45) is 5.92 Å². The molecule has 1 saturated carbocycles. The van der Waals surface area contributed by atoms with E-state index in [0.717, 1.165) is 32.2 Å². The van der Waals surface area contributed by atoms with Crippen LogP contribution in [0.15, 0.2) is 0 Å². The topological polar surface area (TPSA) is 49.4 Å². The highest BCUT2D eigenvalue weighted by Gasteiger charge is 2.46. The first-order valence-corrected chi connectivity index (χ1v) is 8.00. The van der Waals surface area contributed by atoms with Gasteiger partial charge in [-0.15, -0.1) is 0 Å². The molecule has 0 aromatic carbocycles. The summed E-state index contributed by atoms with van der Waals surface area (Å²) >= 11 is 0. The number of hydrogen-bond donors (Lipinski definition) is 1. The molecule has 2 aliphatic rings. The fraction of sp³-hybridized carbons (Fsp3) is 0.875. The quantitative estimate of drug-likeness (QED) is 0.858. The molecule has 4 heteroatoms. The average molecular weight is 280 g/mol. The third kappa shape index (κ3) is 2.76. The first-order valence-electron chi connectivity index (χ1n) is 8.00. The second-order valence-corrected chi connectivity index (χ2v) is 6.59. The van der Waals surface area contributed by atoms with E-state index in [1.54, 1.807) is 6.92 Å². The minimum absolute atomic E-state index is 0.113. The molecule has 1 saturated heterocycles. The molecule has 1 aliphatic heterocycles. The van der Waals surface area contributed by atoms with Gasteiger partial charge in [-0.05, 0) is 52.5 Å². The molecular formula is C16H28N2O2. The van der Waals surface area contributed by atoms with Crippen LogP contribution in [-0.2, 0) is 9.59 Å². The number of ketones is 1. The van der Waals surface area contributed by atoms with E-state index < -0.39 is 5.54 Å². The van der Waals surface area contributed by atoms with Crippen molar-refractivity contribution in [3.05, 3.63) is 0 Å². The van der Waals surface area contributed by atoms with Gasteiger partial charge in [0.1, 0.15) is 0 Å². The van der Waals surface area contributed by atoms with Crippen LogP contribution in [-0.4, -0.2) is 41.8 Å². The molecule has 114 valence electrons.